The van der Waals surface area contributed by atoms with Crippen LogP contribution < -0.4 is 5.32 Å². The Kier molecular flexibility index (Phi) is 5.96. The Hall–Kier alpha value is -3.45. The second kappa shape index (κ2) is 9.19. The number of rotatable bonds is 4. The van der Waals surface area contributed by atoms with Crippen molar-refractivity contribution in [1.82, 2.24) is 19.6 Å². The summed E-state index contributed by atoms with van der Waals surface area (Å²) in [5.41, 5.74) is 2.42. The highest BCUT2D eigenvalue weighted by molar-refractivity contribution is 6.39. The lowest BCUT2D eigenvalue weighted by molar-refractivity contribution is -0.144. The molecule has 0 radical (unpaired) electrons. The Morgan fingerprint density at radius 1 is 0.879 bits per heavy atom. The van der Waals surface area contributed by atoms with Gasteiger partial charge in [0.2, 0.25) is 0 Å². The largest absolute Gasteiger partial charge is 0.334 e. The highest BCUT2D eigenvalue weighted by Gasteiger charge is 2.42. The van der Waals surface area contributed by atoms with E-state index in [1.807, 2.05) is 36.4 Å². The number of hydrogen-bond donors (Lipinski definition) is 1. The van der Waals surface area contributed by atoms with Crippen molar-refractivity contribution in [3.05, 3.63) is 78.5 Å². The van der Waals surface area contributed by atoms with Crippen LogP contribution >= 0.6 is 0 Å². The highest BCUT2D eigenvalue weighted by Crippen LogP contribution is 2.40. The van der Waals surface area contributed by atoms with Crippen molar-refractivity contribution >= 4 is 17.6 Å². The van der Waals surface area contributed by atoms with E-state index in [4.69, 9.17) is 0 Å². The molecule has 1 spiro atoms. The van der Waals surface area contributed by atoms with Gasteiger partial charge in [0.05, 0.1) is 11.9 Å². The number of amides is 2. The molecule has 7 heteroatoms. The molecule has 5 rings (SSSR count). The minimum absolute atomic E-state index is 0.258. The first-order valence-corrected chi connectivity index (χ1v) is 11.6. The first-order chi connectivity index (χ1) is 16.1. The van der Waals surface area contributed by atoms with Crippen molar-refractivity contribution in [2.75, 3.05) is 31.5 Å². The summed E-state index contributed by atoms with van der Waals surface area (Å²) in [4.78, 5) is 29.8. The maximum Gasteiger partial charge on any atom is 0.315 e. The predicted octanol–water partition coefficient (Wildman–Crippen LogP) is 3.33. The van der Waals surface area contributed by atoms with Crippen LogP contribution in [-0.2, 0) is 16.1 Å². The summed E-state index contributed by atoms with van der Waals surface area (Å²) in [6, 6.07) is 21.8. The molecule has 0 saturated carbocycles. The molecule has 3 aromatic rings. The zero-order valence-electron chi connectivity index (χ0n) is 18.7. The molecule has 2 amide bonds. The van der Waals surface area contributed by atoms with Gasteiger partial charge < -0.3 is 10.2 Å². The van der Waals surface area contributed by atoms with E-state index in [2.05, 4.69) is 39.6 Å². The first-order valence-electron chi connectivity index (χ1n) is 11.6. The van der Waals surface area contributed by atoms with Crippen LogP contribution in [0.3, 0.4) is 0 Å². The number of nitrogens with one attached hydrogen (secondary N) is 1. The summed E-state index contributed by atoms with van der Waals surface area (Å²) < 4.78 is 1.62. The van der Waals surface area contributed by atoms with Crippen molar-refractivity contribution in [3.63, 3.8) is 0 Å². The number of para-hydroxylation sites is 1. The third-order valence-corrected chi connectivity index (χ3v) is 6.96. The second-order valence-corrected chi connectivity index (χ2v) is 9.16. The number of likely N-dealkylation sites (tertiary alicyclic amines) is 2. The van der Waals surface area contributed by atoms with Gasteiger partial charge in [-0.2, -0.15) is 5.10 Å². The molecule has 7 nitrogen and oxygen atoms in total. The molecular weight excluding hydrogens is 414 g/mol. The van der Waals surface area contributed by atoms with Gasteiger partial charge in [-0.05, 0) is 48.9 Å². The predicted molar refractivity (Wildman–Crippen MR) is 127 cm³/mol. The molecular formula is C26H29N5O2. The van der Waals surface area contributed by atoms with Crippen molar-refractivity contribution in [1.29, 1.82) is 0 Å². The molecule has 33 heavy (non-hydrogen) atoms. The monoisotopic (exact) mass is 443 g/mol. The Morgan fingerprint density at radius 3 is 2.27 bits per heavy atom. The quantitative estimate of drug-likeness (QED) is 0.628. The van der Waals surface area contributed by atoms with E-state index in [0.717, 1.165) is 44.6 Å². The smallest absolute Gasteiger partial charge is 0.315 e. The van der Waals surface area contributed by atoms with Gasteiger partial charge in [-0.25, -0.2) is 4.68 Å². The van der Waals surface area contributed by atoms with E-state index in [1.54, 1.807) is 21.8 Å². The topological polar surface area (TPSA) is 70.5 Å². The van der Waals surface area contributed by atoms with Crippen LogP contribution in [0.15, 0.2) is 72.9 Å². The molecule has 2 aromatic carbocycles. The van der Waals surface area contributed by atoms with Crippen LogP contribution in [0, 0.1) is 5.41 Å². The number of nitrogens with zero attached hydrogens (tertiary/aromatic N) is 4. The fourth-order valence-corrected chi connectivity index (χ4v) is 5.08. The maximum absolute atomic E-state index is 12.9. The number of hydrogen-bond acceptors (Lipinski definition) is 4. The molecule has 2 fully saturated rings. The van der Waals surface area contributed by atoms with Crippen LogP contribution in [0.1, 0.15) is 24.8 Å². The van der Waals surface area contributed by atoms with Crippen molar-refractivity contribution in [2.45, 2.75) is 25.8 Å². The number of benzene rings is 2. The molecule has 2 aliphatic heterocycles. The standard InChI is InChI=1S/C26H29N5O2/c32-24(28-23-11-15-27-31(23)22-9-5-2-6-10-22)25(33)30-17-13-26(14-18-30)12-16-29(20-26)19-21-7-3-1-4-8-21/h1-11,15H,12-14,16-20H2,(H,28,32). The minimum atomic E-state index is -0.610. The Balaban J connectivity index is 1.15. The van der Waals surface area contributed by atoms with Crippen LogP contribution in [0.5, 0.6) is 0 Å². The van der Waals surface area contributed by atoms with E-state index in [0.29, 0.717) is 18.9 Å². The van der Waals surface area contributed by atoms with Crippen molar-refractivity contribution < 1.29 is 9.59 Å². The third-order valence-electron chi connectivity index (χ3n) is 6.96. The van der Waals surface area contributed by atoms with E-state index in [9.17, 15) is 9.59 Å². The van der Waals surface area contributed by atoms with E-state index in [1.165, 1.54) is 5.56 Å². The summed E-state index contributed by atoms with van der Waals surface area (Å²) in [5.74, 6) is -0.592. The second-order valence-electron chi connectivity index (χ2n) is 9.16. The molecule has 1 N–H and O–H groups in total. The fraction of sp³-hybridized carbons (Fsp3) is 0.346. The SMILES string of the molecule is O=C(Nc1ccnn1-c1ccccc1)C(=O)N1CCC2(CCN(Cc3ccccc3)C2)CC1. The summed E-state index contributed by atoms with van der Waals surface area (Å²) in [6.45, 7) is 4.38. The summed E-state index contributed by atoms with van der Waals surface area (Å²) >= 11 is 0. The number of anilines is 1. The lowest BCUT2D eigenvalue weighted by Crippen LogP contribution is -2.47. The number of aromatic nitrogens is 2. The zero-order valence-corrected chi connectivity index (χ0v) is 18.7. The van der Waals surface area contributed by atoms with E-state index < -0.39 is 11.8 Å². The summed E-state index contributed by atoms with van der Waals surface area (Å²) in [6.07, 6.45) is 4.65. The molecule has 2 aliphatic rings. The van der Waals surface area contributed by atoms with Crippen LogP contribution in [-0.4, -0.2) is 57.6 Å². The van der Waals surface area contributed by atoms with E-state index >= 15 is 0 Å². The Bertz CT molecular complexity index is 1100. The summed E-state index contributed by atoms with van der Waals surface area (Å²) in [7, 11) is 0. The number of carbonyl (C=O) groups excluding carboxylic acids is 2. The summed E-state index contributed by atoms with van der Waals surface area (Å²) in [5, 5.41) is 7.01. The van der Waals surface area contributed by atoms with Gasteiger partial charge in [-0.3, -0.25) is 14.5 Å². The average Bonchev–Trinajstić information content (AvgIpc) is 3.47. The van der Waals surface area contributed by atoms with Gasteiger partial charge in [0, 0.05) is 32.2 Å². The van der Waals surface area contributed by atoms with Crippen molar-refractivity contribution in [3.8, 4) is 5.69 Å². The van der Waals surface area contributed by atoms with Gasteiger partial charge >= 0.3 is 11.8 Å². The van der Waals surface area contributed by atoms with Gasteiger partial charge in [-0.15, -0.1) is 0 Å². The van der Waals surface area contributed by atoms with Crippen LogP contribution in [0.25, 0.3) is 5.69 Å². The average molecular weight is 444 g/mol. The molecule has 0 bridgehead atoms. The van der Waals surface area contributed by atoms with Gasteiger partial charge in [0.1, 0.15) is 5.82 Å². The molecule has 0 unspecified atom stereocenters. The van der Waals surface area contributed by atoms with Gasteiger partial charge in [0.15, 0.2) is 0 Å². The molecule has 2 saturated heterocycles. The normalized spacial score (nSPS) is 17.9. The van der Waals surface area contributed by atoms with Crippen LogP contribution in [0.4, 0.5) is 5.82 Å². The Labute approximate surface area is 194 Å². The molecule has 0 atom stereocenters. The lowest BCUT2D eigenvalue weighted by atomic mass is 9.78. The van der Waals surface area contributed by atoms with Gasteiger partial charge in [-0.1, -0.05) is 48.5 Å². The maximum atomic E-state index is 12.9. The highest BCUT2D eigenvalue weighted by atomic mass is 16.2. The molecule has 1 aromatic heterocycles. The van der Waals surface area contributed by atoms with E-state index in [-0.39, 0.29) is 5.41 Å². The molecule has 170 valence electrons. The first kappa shape index (κ1) is 21.4. The lowest BCUT2D eigenvalue weighted by Gasteiger charge is -2.39. The van der Waals surface area contributed by atoms with Crippen LogP contribution in [0.2, 0.25) is 0 Å². The van der Waals surface area contributed by atoms with Crippen molar-refractivity contribution in [2.24, 2.45) is 5.41 Å². The number of piperidine rings is 1. The molecule has 0 aliphatic carbocycles. The van der Waals surface area contributed by atoms with Gasteiger partial charge in [0.25, 0.3) is 0 Å². The minimum Gasteiger partial charge on any atom is -0.334 e. The molecule has 3 heterocycles. The fourth-order valence-electron chi connectivity index (χ4n) is 5.08. The number of carbonyl (C=O) groups is 2. The Morgan fingerprint density at radius 2 is 1.55 bits per heavy atom. The third kappa shape index (κ3) is 4.68. The zero-order chi connectivity index (χ0) is 22.7.